The number of hydrogen-bond donors (Lipinski definition) is 2. The first kappa shape index (κ1) is 16.7. The van der Waals surface area contributed by atoms with Gasteiger partial charge < -0.3 is 9.84 Å². The Balaban J connectivity index is 2.09. The fourth-order valence-electron chi connectivity index (χ4n) is 2.51. The normalized spacial score (nSPS) is 18.4. The van der Waals surface area contributed by atoms with Gasteiger partial charge in [0.05, 0.1) is 22.1 Å². The summed E-state index contributed by atoms with van der Waals surface area (Å²) in [6, 6.07) is 4.57. The van der Waals surface area contributed by atoms with E-state index in [1.165, 1.54) is 19.2 Å². The summed E-state index contributed by atoms with van der Waals surface area (Å²) in [5, 5.41) is 10.4. The van der Waals surface area contributed by atoms with Crippen molar-refractivity contribution in [1.82, 2.24) is 4.72 Å². The van der Waals surface area contributed by atoms with Gasteiger partial charge in [-0.15, -0.1) is 0 Å². The van der Waals surface area contributed by atoms with Crippen molar-refractivity contribution in [1.29, 1.82) is 0 Å². The Morgan fingerprint density at radius 1 is 1.33 bits per heavy atom. The van der Waals surface area contributed by atoms with Crippen LogP contribution in [-0.4, -0.2) is 32.8 Å². The van der Waals surface area contributed by atoms with Gasteiger partial charge in [0.1, 0.15) is 5.75 Å². The minimum atomic E-state index is -3.64. The maximum atomic E-state index is 12.3. The third-order valence-corrected chi connectivity index (χ3v) is 5.83. The molecule has 0 aliphatic heterocycles. The number of halogens is 1. The molecule has 1 aromatic carbocycles. The molecule has 0 unspecified atom stereocenters. The van der Waals surface area contributed by atoms with Gasteiger partial charge in [0.25, 0.3) is 0 Å². The van der Waals surface area contributed by atoms with E-state index in [4.69, 9.17) is 4.74 Å². The highest BCUT2D eigenvalue weighted by Gasteiger charge is 2.31. The zero-order valence-corrected chi connectivity index (χ0v) is 14.3. The van der Waals surface area contributed by atoms with Gasteiger partial charge in [0.15, 0.2) is 0 Å². The highest BCUT2D eigenvalue weighted by molar-refractivity contribution is 9.10. The summed E-state index contributed by atoms with van der Waals surface area (Å²) in [4.78, 5) is 0.148. The molecule has 1 aliphatic rings. The summed E-state index contributed by atoms with van der Waals surface area (Å²) >= 11 is 3.27. The monoisotopic (exact) mass is 377 g/mol. The summed E-state index contributed by atoms with van der Waals surface area (Å²) in [6.07, 6.45) is 4.25. The predicted molar refractivity (Wildman–Crippen MR) is 83.9 cm³/mol. The molecule has 5 nitrogen and oxygen atoms in total. The Kier molecular flexibility index (Phi) is 5.29. The molecule has 1 aromatic rings. The lowest BCUT2D eigenvalue weighted by molar-refractivity contribution is 0.00945. The Morgan fingerprint density at radius 3 is 2.57 bits per heavy atom. The standard InChI is InChI=1S/C14H20BrNO4S/c1-20-13-6-5-11(9-12(13)15)21(18,19)16-10-14(17)7-3-2-4-8-14/h5-6,9,16-17H,2-4,7-8,10H2,1H3. The van der Waals surface area contributed by atoms with E-state index in [-0.39, 0.29) is 11.4 Å². The van der Waals surface area contributed by atoms with Crippen LogP contribution in [0.4, 0.5) is 0 Å². The Hall–Kier alpha value is -0.630. The number of aliphatic hydroxyl groups is 1. The van der Waals surface area contributed by atoms with Crippen LogP contribution in [0.2, 0.25) is 0 Å². The van der Waals surface area contributed by atoms with Crippen LogP contribution in [0.1, 0.15) is 32.1 Å². The number of benzene rings is 1. The van der Waals surface area contributed by atoms with Gasteiger partial charge >= 0.3 is 0 Å². The van der Waals surface area contributed by atoms with Crippen molar-refractivity contribution in [2.24, 2.45) is 0 Å². The minimum Gasteiger partial charge on any atom is -0.496 e. The van der Waals surface area contributed by atoms with Crippen molar-refractivity contribution in [2.75, 3.05) is 13.7 Å². The first-order valence-electron chi connectivity index (χ1n) is 6.92. The maximum Gasteiger partial charge on any atom is 0.240 e. The van der Waals surface area contributed by atoms with Crippen LogP contribution < -0.4 is 9.46 Å². The summed E-state index contributed by atoms with van der Waals surface area (Å²) in [5.74, 6) is 0.569. The summed E-state index contributed by atoms with van der Waals surface area (Å²) < 4.78 is 32.7. The van der Waals surface area contributed by atoms with Gasteiger partial charge in [-0.05, 0) is 47.0 Å². The fraction of sp³-hybridized carbons (Fsp3) is 0.571. The minimum absolute atomic E-state index is 0.0545. The van der Waals surface area contributed by atoms with E-state index in [1.807, 2.05) is 0 Å². The van der Waals surface area contributed by atoms with Crippen molar-refractivity contribution in [3.8, 4) is 5.75 Å². The molecular formula is C14H20BrNO4S. The van der Waals surface area contributed by atoms with Crippen LogP contribution in [0.15, 0.2) is 27.6 Å². The van der Waals surface area contributed by atoms with E-state index < -0.39 is 15.6 Å². The lowest BCUT2D eigenvalue weighted by Gasteiger charge is -2.32. The third kappa shape index (κ3) is 4.18. The fourth-order valence-corrected chi connectivity index (χ4v) is 4.35. The van der Waals surface area contributed by atoms with Crippen LogP contribution in [-0.2, 0) is 10.0 Å². The first-order chi connectivity index (χ1) is 9.86. The molecule has 118 valence electrons. The van der Waals surface area contributed by atoms with E-state index in [0.717, 1.165) is 19.3 Å². The SMILES string of the molecule is COc1ccc(S(=O)(=O)NCC2(O)CCCCC2)cc1Br. The van der Waals surface area contributed by atoms with Gasteiger partial charge in [-0.25, -0.2) is 13.1 Å². The molecule has 21 heavy (non-hydrogen) atoms. The number of methoxy groups -OCH3 is 1. The predicted octanol–water partition coefficient (Wildman–Crippen LogP) is 2.43. The van der Waals surface area contributed by atoms with Gasteiger partial charge in [0, 0.05) is 6.54 Å². The number of ether oxygens (including phenoxy) is 1. The Morgan fingerprint density at radius 2 is 2.00 bits per heavy atom. The quantitative estimate of drug-likeness (QED) is 0.825. The third-order valence-electron chi connectivity index (χ3n) is 3.81. The number of hydrogen-bond acceptors (Lipinski definition) is 4. The van der Waals surface area contributed by atoms with E-state index in [9.17, 15) is 13.5 Å². The van der Waals surface area contributed by atoms with Crippen molar-refractivity contribution in [3.63, 3.8) is 0 Å². The molecule has 0 saturated heterocycles. The second-order valence-electron chi connectivity index (χ2n) is 5.41. The highest BCUT2D eigenvalue weighted by Crippen LogP contribution is 2.29. The lowest BCUT2D eigenvalue weighted by Crippen LogP contribution is -2.44. The molecule has 1 aliphatic carbocycles. The van der Waals surface area contributed by atoms with Gasteiger partial charge in [-0.1, -0.05) is 19.3 Å². The molecule has 2 N–H and O–H groups in total. The molecular weight excluding hydrogens is 358 g/mol. The summed E-state index contributed by atoms with van der Waals surface area (Å²) in [6.45, 7) is 0.0545. The molecule has 0 spiro atoms. The second-order valence-corrected chi connectivity index (χ2v) is 8.03. The molecule has 0 bridgehead atoms. The molecule has 0 atom stereocenters. The smallest absolute Gasteiger partial charge is 0.240 e. The molecule has 2 rings (SSSR count). The van der Waals surface area contributed by atoms with Crippen molar-refractivity contribution in [3.05, 3.63) is 22.7 Å². The largest absolute Gasteiger partial charge is 0.496 e. The maximum absolute atomic E-state index is 12.3. The summed E-state index contributed by atoms with van der Waals surface area (Å²) in [7, 11) is -2.12. The molecule has 0 amide bonds. The number of rotatable bonds is 5. The zero-order chi connectivity index (χ0) is 15.5. The molecule has 0 heterocycles. The van der Waals surface area contributed by atoms with Crippen LogP contribution in [0, 0.1) is 0 Å². The Labute approximate surface area is 133 Å². The van der Waals surface area contributed by atoms with E-state index in [2.05, 4.69) is 20.7 Å². The van der Waals surface area contributed by atoms with Crippen molar-refractivity contribution < 1.29 is 18.3 Å². The molecule has 0 aromatic heterocycles. The second kappa shape index (κ2) is 6.64. The van der Waals surface area contributed by atoms with Gasteiger partial charge in [-0.2, -0.15) is 0 Å². The number of nitrogens with one attached hydrogen (secondary N) is 1. The summed E-state index contributed by atoms with van der Waals surface area (Å²) in [5.41, 5.74) is -0.922. The van der Waals surface area contributed by atoms with E-state index >= 15 is 0 Å². The van der Waals surface area contributed by atoms with Gasteiger partial charge in [0.2, 0.25) is 10.0 Å². The first-order valence-corrected chi connectivity index (χ1v) is 9.19. The molecule has 7 heteroatoms. The van der Waals surface area contributed by atoms with Gasteiger partial charge in [-0.3, -0.25) is 0 Å². The van der Waals surface area contributed by atoms with Crippen molar-refractivity contribution >= 4 is 26.0 Å². The molecule has 1 fully saturated rings. The van der Waals surface area contributed by atoms with Crippen LogP contribution in [0.5, 0.6) is 5.75 Å². The topological polar surface area (TPSA) is 75.6 Å². The Bertz CT molecular complexity index is 597. The van der Waals surface area contributed by atoms with E-state index in [1.54, 1.807) is 6.07 Å². The van der Waals surface area contributed by atoms with Crippen LogP contribution >= 0.6 is 15.9 Å². The average molecular weight is 378 g/mol. The van der Waals surface area contributed by atoms with Crippen molar-refractivity contribution in [2.45, 2.75) is 42.6 Å². The number of sulfonamides is 1. The molecule has 0 radical (unpaired) electrons. The lowest BCUT2D eigenvalue weighted by atomic mass is 9.85. The average Bonchev–Trinajstić information content (AvgIpc) is 2.46. The van der Waals surface area contributed by atoms with Crippen LogP contribution in [0.25, 0.3) is 0 Å². The molecule has 1 saturated carbocycles. The van der Waals surface area contributed by atoms with Crippen LogP contribution in [0.3, 0.4) is 0 Å². The highest BCUT2D eigenvalue weighted by atomic mass is 79.9. The van der Waals surface area contributed by atoms with E-state index in [0.29, 0.717) is 23.1 Å². The zero-order valence-electron chi connectivity index (χ0n) is 11.9.